The summed E-state index contributed by atoms with van der Waals surface area (Å²) in [6, 6.07) is 2.27. The van der Waals surface area contributed by atoms with E-state index in [4.69, 9.17) is 4.74 Å². The highest BCUT2D eigenvalue weighted by Crippen LogP contribution is 2.17. The molecule has 0 radical (unpaired) electrons. The molecule has 1 atom stereocenters. The van der Waals surface area contributed by atoms with Crippen molar-refractivity contribution in [3.05, 3.63) is 23.9 Å². The number of ether oxygens (including phenoxy) is 1. The van der Waals surface area contributed by atoms with Crippen LogP contribution < -0.4 is 10.1 Å². The minimum absolute atomic E-state index is 0.441. The van der Waals surface area contributed by atoms with Gasteiger partial charge in [0.15, 0.2) is 0 Å². The molecule has 16 heavy (non-hydrogen) atoms. The summed E-state index contributed by atoms with van der Waals surface area (Å²) in [6.07, 6.45) is 7.72. The van der Waals surface area contributed by atoms with Gasteiger partial charge >= 0.3 is 0 Å². The zero-order valence-corrected chi connectivity index (χ0v) is 9.73. The SMILES string of the molecule is COc1cc(C)nc(NC2CC=CCC2)n1. The summed E-state index contributed by atoms with van der Waals surface area (Å²) < 4.78 is 5.12. The molecule has 1 aliphatic rings. The molecule has 4 nitrogen and oxygen atoms in total. The van der Waals surface area contributed by atoms with Crippen LogP contribution in [0.2, 0.25) is 0 Å². The van der Waals surface area contributed by atoms with Crippen molar-refractivity contribution in [3.8, 4) is 5.88 Å². The van der Waals surface area contributed by atoms with Crippen molar-refractivity contribution in [1.82, 2.24) is 9.97 Å². The van der Waals surface area contributed by atoms with Gasteiger partial charge in [-0.05, 0) is 26.2 Å². The number of methoxy groups -OCH3 is 1. The number of anilines is 1. The third kappa shape index (κ3) is 2.72. The third-order valence-corrected chi connectivity index (χ3v) is 2.64. The van der Waals surface area contributed by atoms with Gasteiger partial charge in [0, 0.05) is 17.8 Å². The maximum absolute atomic E-state index is 5.12. The van der Waals surface area contributed by atoms with Gasteiger partial charge in [-0.2, -0.15) is 4.98 Å². The quantitative estimate of drug-likeness (QED) is 0.792. The molecule has 1 heterocycles. The lowest BCUT2D eigenvalue weighted by atomic mass is 10.0. The number of aromatic nitrogens is 2. The zero-order chi connectivity index (χ0) is 11.4. The van der Waals surface area contributed by atoms with Crippen LogP contribution in [-0.4, -0.2) is 23.1 Å². The van der Waals surface area contributed by atoms with E-state index in [1.165, 1.54) is 0 Å². The number of allylic oxidation sites excluding steroid dienone is 1. The Labute approximate surface area is 95.8 Å². The van der Waals surface area contributed by atoms with Gasteiger partial charge in [0.1, 0.15) is 0 Å². The van der Waals surface area contributed by atoms with Gasteiger partial charge in [0.05, 0.1) is 7.11 Å². The monoisotopic (exact) mass is 219 g/mol. The molecule has 1 unspecified atom stereocenters. The second-order valence-electron chi connectivity index (χ2n) is 4.00. The maximum atomic E-state index is 5.12. The fourth-order valence-electron chi connectivity index (χ4n) is 1.82. The van der Waals surface area contributed by atoms with E-state index in [0.717, 1.165) is 25.0 Å². The van der Waals surface area contributed by atoms with Crippen LogP contribution in [-0.2, 0) is 0 Å². The summed E-state index contributed by atoms with van der Waals surface area (Å²) in [6.45, 7) is 1.94. The van der Waals surface area contributed by atoms with E-state index >= 15 is 0 Å². The smallest absolute Gasteiger partial charge is 0.226 e. The topological polar surface area (TPSA) is 47.0 Å². The summed E-state index contributed by atoms with van der Waals surface area (Å²) in [5, 5.41) is 3.34. The molecule has 1 aliphatic carbocycles. The Bertz CT molecular complexity index is 390. The van der Waals surface area contributed by atoms with Crippen LogP contribution >= 0.6 is 0 Å². The van der Waals surface area contributed by atoms with Crippen molar-refractivity contribution in [2.75, 3.05) is 12.4 Å². The molecule has 0 saturated heterocycles. The molecule has 0 bridgehead atoms. The Morgan fingerprint density at radius 3 is 2.94 bits per heavy atom. The van der Waals surface area contributed by atoms with Crippen LogP contribution in [0.15, 0.2) is 18.2 Å². The number of hydrogen-bond acceptors (Lipinski definition) is 4. The van der Waals surface area contributed by atoms with Gasteiger partial charge in [-0.15, -0.1) is 0 Å². The Hall–Kier alpha value is -1.58. The van der Waals surface area contributed by atoms with Crippen LogP contribution in [0.4, 0.5) is 5.95 Å². The second kappa shape index (κ2) is 4.96. The number of rotatable bonds is 3. The summed E-state index contributed by atoms with van der Waals surface area (Å²) in [5.74, 6) is 1.28. The first-order chi connectivity index (χ1) is 7.78. The van der Waals surface area contributed by atoms with Crippen molar-refractivity contribution in [3.63, 3.8) is 0 Å². The van der Waals surface area contributed by atoms with Crippen LogP contribution in [0.3, 0.4) is 0 Å². The van der Waals surface area contributed by atoms with Gasteiger partial charge in [-0.25, -0.2) is 4.98 Å². The second-order valence-corrected chi connectivity index (χ2v) is 4.00. The average molecular weight is 219 g/mol. The third-order valence-electron chi connectivity index (χ3n) is 2.64. The lowest BCUT2D eigenvalue weighted by Gasteiger charge is -2.19. The summed E-state index contributed by atoms with van der Waals surface area (Å²) >= 11 is 0. The molecule has 0 aromatic carbocycles. The molecule has 1 aromatic heterocycles. The first-order valence-electron chi connectivity index (χ1n) is 5.59. The first kappa shape index (κ1) is 10.9. The number of nitrogens with zero attached hydrogens (tertiary/aromatic N) is 2. The first-order valence-corrected chi connectivity index (χ1v) is 5.59. The van der Waals surface area contributed by atoms with Crippen molar-refractivity contribution in [2.45, 2.75) is 32.2 Å². The molecule has 2 rings (SSSR count). The highest BCUT2D eigenvalue weighted by Gasteiger charge is 2.11. The minimum Gasteiger partial charge on any atom is -0.481 e. The minimum atomic E-state index is 0.441. The fraction of sp³-hybridized carbons (Fsp3) is 0.500. The largest absolute Gasteiger partial charge is 0.481 e. The van der Waals surface area contributed by atoms with Gasteiger partial charge in [0.2, 0.25) is 11.8 Å². The molecule has 86 valence electrons. The van der Waals surface area contributed by atoms with Gasteiger partial charge in [0.25, 0.3) is 0 Å². The lowest BCUT2D eigenvalue weighted by molar-refractivity contribution is 0.396. The standard InChI is InChI=1S/C12H17N3O/c1-9-8-11(16-2)15-12(13-9)14-10-6-4-3-5-7-10/h3-4,8,10H,5-7H2,1-2H3,(H,13,14,15). The van der Waals surface area contributed by atoms with E-state index < -0.39 is 0 Å². The van der Waals surface area contributed by atoms with E-state index in [9.17, 15) is 0 Å². The van der Waals surface area contributed by atoms with E-state index in [1.807, 2.05) is 13.0 Å². The summed E-state index contributed by atoms with van der Waals surface area (Å²) in [7, 11) is 1.62. The molecule has 0 amide bonds. The molecular weight excluding hydrogens is 202 g/mol. The molecular formula is C12H17N3O. The van der Waals surface area contributed by atoms with E-state index in [1.54, 1.807) is 7.11 Å². The summed E-state index contributed by atoms with van der Waals surface area (Å²) in [4.78, 5) is 8.63. The molecule has 0 saturated carbocycles. The molecule has 0 aliphatic heterocycles. The Balaban J connectivity index is 2.08. The number of hydrogen-bond donors (Lipinski definition) is 1. The molecule has 1 aromatic rings. The average Bonchev–Trinajstić information content (AvgIpc) is 2.29. The highest BCUT2D eigenvalue weighted by molar-refractivity contribution is 5.32. The van der Waals surface area contributed by atoms with E-state index in [0.29, 0.717) is 17.9 Å². The normalized spacial score (nSPS) is 19.5. The zero-order valence-electron chi connectivity index (χ0n) is 9.73. The maximum Gasteiger partial charge on any atom is 0.226 e. The summed E-state index contributed by atoms with van der Waals surface area (Å²) in [5.41, 5.74) is 0.917. The van der Waals surface area contributed by atoms with Crippen molar-refractivity contribution < 1.29 is 4.74 Å². The van der Waals surface area contributed by atoms with E-state index in [2.05, 4.69) is 27.4 Å². The Morgan fingerprint density at radius 1 is 1.38 bits per heavy atom. The predicted molar refractivity (Wildman–Crippen MR) is 63.7 cm³/mol. The van der Waals surface area contributed by atoms with Gasteiger partial charge in [-0.1, -0.05) is 12.2 Å². The lowest BCUT2D eigenvalue weighted by Crippen LogP contribution is -2.21. The number of aryl methyl sites for hydroxylation is 1. The molecule has 0 spiro atoms. The fourth-order valence-corrected chi connectivity index (χ4v) is 1.82. The molecule has 0 fully saturated rings. The van der Waals surface area contributed by atoms with Crippen molar-refractivity contribution in [1.29, 1.82) is 0 Å². The van der Waals surface area contributed by atoms with Crippen LogP contribution in [0.25, 0.3) is 0 Å². The van der Waals surface area contributed by atoms with Crippen LogP contribution in [0, 0.1) is 6.92 Å². The van der Waals surface area contributed by atoms with Gasteiger partial charge in [-0.3, -0.25) is 0 Å². The molecule has 1 N–H and O–H groups in total. The predicted octanol–water partition coefficient (Wildman–Crippen LogP) is 2.31. The Kier molecular flexibility index (Phi) is 3.39. The number of nitrogens with one attached hydrogen (secondary N) is 1. The van der Waals surface area contributed by atoms with Crippen LogP contribution in [0.5, 0.6) is 5.88 Å². The van der Waals surface area contributed by atoms with Crippen LogP contribution in [0.1, 0.15) is 25.0 Å². The van der Waals surface area contributed by atoms with E-state index in [-0.39, 0.29) is 0 Å². The van der Waals surface area contributed by atoms with Gasteiger partial charge < -0.3 is 10.1 Å². The molecule has 4 heteroatoms. The van der Waals surface area contributed by atoms with Crippen molar-refractivity contribution in [2.24, 2.45) is 0 Å². The van der Waals surface area contributed by atoms with Crippen molar-refractivity contribution >= 4 is 5.95 Å². The Morgan fingerprint density at radius 2 is 2.25 bits per heavy atom. The highest BCUT2D eigenvalue weighted by atomic mass is 16.5.